The summed E-state index contributed by atoms with van der Waals surface area (Å²) in [5.74, 6) is 0.659. The molecule has 7 heteroatoms. The van der Waals surface area contributed by atoms with Gasteiger partial charge in [0.2, 0.25) is 11.8 Å². The molecule has 0 spiro atoms. The number of hydrogen-bond donors (Lipinski definition) is 2. The maximum Gasteiger partial charge on any atom is 0.321 e. The van der Waals surface area contributed by atoms with E-state index < -0.39 is 12.0 Å². The van der Waals surface area contributed by atoms with Gasteiger partial charge < -0.3 is 15.3 Å². The molecule has 3 N–H and O–H groups in total. The third-order valence-electron chi connectivity index (χ3n) is 2.61. The van der Waals surface area contributed by atoms with Gasteiger partial charge in [0.15, 0.2) is 0 Å². The quantitative estimate of drug-likeness (QED) is 0.835. The Bertz CT molecular complexity index is 583. The molecular weight excluding hydrogens is 278 g/mol. The first-order chi connectivity index (χ1) is 9.56. The van der Waals surface area contributed by atoms with E-state index in [2.05, 4.69) is 10.2 Å². The van der Waals surface area contributed by atoms with Crippen molar-refractivity contribution >= 4 is 17.7 Å². The van der Waals surface area contributed by atoms with Gasteiger partial charge in [0, 0.05) is 11.3 Å². The average molecular weight is 293 g/mol. The summed E-state index contributed by atoms with van der Waals surface area (Å²) in [5.41, 5.74) is 7.43. The molecule has 0 fully saturated rings. The lowest BCUT2D eigenvalue weighted by Gasteiger charge is -2.03. The number of aryl methyl sites for hydroxylation is 1. The Morgan fingerprint density at radius 3 is 2.75 bits per heavy atom. The van der Waals surface area contributed by atoms with Gasteiger partial charge in [-0.3, -0.25) is 4.79 Å². The Labute approximate surface area is 120 Å². The second kappa shape index (κ2) is 6.53. The fourth-order valence-corrected chi connectivity index (χ4v) is 2.27. The highest BCUT2D eigenvalue weighted by Crippen LogP contribution is 2.20. The first-order valence-corrected chi connectivity index (χ1v) is 7.17. The van der Waals surface area contributed by atoms with E-state index in [1.807, 2.05) is 31.2 Å². The molecule has 1 aromatic heterocycles. The van der Waals surface area contributed by atoms with Crippen LogP contribution in [0.4, 0.5) is 0 Å². The topological polar surface area (TPSA) is 102 Å². The molecule has 106 valence electrons. The summed E-state index contributed by atoms with van der Waals surface area (Å²) < 4.78 is 5.52. The Morgan fingerprint density at radius 1 is 1.40 bits per heavy atom. The SMILES string of the molecule is Cc1ccc(-c2nnc(CSC[C@@H](N)C(=O)O)o2)cc1. The van der Waals surface area contributed by atoms with Crippen LogP contribution in [0.2, 0.25) is 0 Å². The first kappa shape index (κ1) is 14.5. The Balaban J connectivity index is 1.92. The number of carbonyl (C=O) groups is 1. The van der Waals surface area contributed by atoms with E-state index in [1.54, 1.807) is 0 Å². The number of nitrogens with zero attached hydrogens (tertiary/aromatic N) is 2. The van der Waals surface area contributed by atoms with Crippen LogP contribution >= 0.6 is 11.8 Å². The van der Waals surface area contributed by atoms with Crippen molar-refractivity contribution in [3.63, 3.8) is 0 Å². The number of carboxylic acid groups (broad SMARTS) is 1. The summed E-state index contributed by atoms with van der Waals surface area (Å²) in [6.07, 6.45) is 0. The van der Waals surface area contributed by atoms with Crippen LogP contribution in [0.15, 0.2) is 28.7 Å². The van der Waals surface area contributed by atoms with Crippen LogP contribution in [-0.2, 0) is 10.5 Å². The molecule has 0 saturated heterocycles. The van der Waals surface area contributed by atoms with Crippen molar-refractivity contribution in [2.45, 2.75) is 18.7 Å². The number of rotatable bonds is 6. The van der Waals surface area contributed by atoms with Gasteiger partial charge >= 0.3 is 5.97 Å². The van der Waals surface area contributed by atoms with Crippen molar-refractivity contribution in [2.24, 2.45) is 5.73 Å². The number of thioether (sulfide) groups is 1. The number of carboxylic acids is 1. The highest BCUT2D eigenvalue weighted by Gasteiger charge is 2.13. The fourth-order valence-electron chi connectivity index (χ4n) is 1.47. The molecule has 1 atom stereocenters. The van der Waals surface area contributed by atoms with Crippen molar-refractivity contribution in [3.05, 3.63) is 35.7 Å². The zero-order valence-electron chi connectivity index (χ0n) is 10.9. The minimum absolute atomic E-state index is 0.303. The molecule has 6 nitrogen and oxygen atoms in total. The van der Waals surface area contributed by atoms with Gasteiger partial charge in [0.1, 0.15) is 6.04 Å². The molecule has 2 aromatic rings. The molecule has 1 heterocycles. The lowest BCUT2D eigenvalue weighted by Crippen LogP contribution is -2.32. The standard InChI is InChI=1S/C13H15N3O3S/c1-8-2-4-9(5-3-8)12-16-15-11(19-12)7-20-6-10(14)13(17)18/h2-5,10H,6-7,14H2,1H3,(H,17,18)/t10-/m1/s1. The van der Waals surface area contributed by atoms with E-state index in [4.69, 9.17) is 15.3 Å². The van der Waals surface area contributed by atoms with Gasteiger partial charge in [0.25, 0.3) is 0 Å². The molecular formula is C13H15N3O3S. The van der Waals surface area contributed by atoms with Crippen LogP contribution in [0.25, 0.3) is 11.5 Å². The molecule has 0 saturated carbocycles. The van der Waals surface area contributed by atoms with E-state index in [1.165, 1.54) is 11.8 Å². The second-order valence-electron chi connectivity index (χ2n) is 4.33. The molecule has 0 amide bonds. The highest BCUT2D eigenvalue weighted by molar-refractivity contribution is 7.98. The van der Waals surface area contributed by atoms with Gasteiger partial charge in [-0.25, -0.2) is 0 Å². The third-order valence-corrected chi connectivity index (χ3v) is 3.65. The smallest absolute Gasteiger partial charge is 0.321 e. The van der Waals surface area contributed by atoms with Crippen LogP contribution in [0.5, 0.6) is 0 Å². The van der Waals surface area contributed by atoms with Gasteiger partial charge in [-0.05, 0) is 19.1 Å². The van der Waals surface area contributed by atoms with Crippen molar-refractivity contribution in [2.75, 3.05) is 5.75 Å². The predicted molar refractivity (Wildman–Crippen MR) is 76.2 cm³/mol. The van der Waals surface area contributed by atoms with Crippen molar-refractivity contribution < 1.29 is 14.3 Å². The molecule has 0 aliphatic rings. The molecule has 20 heavy (non-hydrogen) atoms. The summed E-state index contributed by atoms with van der Waals surface area (Å²) in [5, 5.41) is 16.6. The van der Waals surface area contributed by atoms with Crippen LogP contribution in [0, 0.1) is 6.92 Å². The lowest BCUT2D eigenvalue weighted by atomic mass is 10.1. The van der Waals surface area contributed by atoms with Crippen molar-refractivity contribution in [1.29, 1.82) is 0 Å². The zero-order chi connectivity index (χ0) is 14.5. The zero-order valence-corrected chi connectivity index (χ0v) is 11.8. The van der Waals surface area contributed by atoms with Gasteiger partial charge in [-0.15, -0.1) is 22.0 Å². The van der Waals surface area contributed by atoms with Gasteiger partial charge in [-0.1, -0.05) is 17.7 Å². The van der Waals surface area contributed by atoms with Crippen molar-refractivity contribution in [1.82, 2.24) is 10.2 Å². The summed E-state index contributed by atoms with van der Waals surface area (Å²) in [7, 11) is 0. The molecule has 0 aliphatic heterocycles. The lowest BCUT2D eigenvalue weighted by molar-refractivity contribution is -0.137. The molecule has 0 bridgehead atoms. The van der Waals surface area contributed by atoms with Crippen molar-refractivity contribution in [3.8, 4) is 11.5 Å². The van der Waals surface area contributed by atoms with E-state index in [9.17, 15) is 4.79 Å². The number of benzene rings is 1. The van der Waals surface area contributed by atoms with Gasteiger partial charge in [0.05, 0.1) is 5.75 Å². The maximum absolute atomic E-state index is 10.6. The summed E-state index contributed by atoms with van der Waals surface area (Å²) in [6, 6.07) is 6.90. The largest absolute Gasteiger partial charge is 0.480 e. The Kier molecular flexibility index (Phi) is 4.75. The fraction of sp³-hybridized carbons (Fsp3) is 0.308. The van der Waals surface area contributed by atoms with Crippen LogP contribution in [0.3, 0.4) is 0 Å². The number of nitrogens with two attached hydrogens (primary N) is 1. The number of aromatic nitrogens is 2. The monoisotopic (exact) mass is 293 g/mol. The van der Waals surface area contributed by atoms with E-state index >= 15 is 0 Å². The predicted octanol–water partition coefficient (Wildman–Crippen LogP) is 1.69. The Hall–Kier alpha value is -1.86. The minimum atomic E-state index is -1.01. The number of hydrogen-bond acceptors (Lipinski definition) is 6. The van der Waals surface area contributed by atoms with Crippen LogP contribution in [-0.4, -0.2) is 33.1 Å². The second-order valence-corrected chi connectivity index (χ2v) is 5.36. The summed E-state index contributed by atoms with van der Waals surface area (Å²) in [6.45, 7) is 2.01. The maximum atomic E-state index is 10.6. The number of aliphatic carboxylic acids is 1. The van der Waals surface area contributed by atoms with Crippen LogP contribution in [0.1, 0.15) is 11.5 Å². The highest BCUT2D eigenvalue weighted by atomic mass is 32.2. The molecule has 2 rings (SSSR count). The molecule has 1 aromatic carbocycles. The van der Waals surface area contributed by atoms with E-state index in [0.29, 0.717) is 23.3 Å². The molecule has 0 radical (unpaired) electrons. The summed E-state index contributed by atoms with van der Waals surface area (Å²) >= 11 is 1.35. The summed E-state index contributed by atoms with van der Waals surface area (Å²) in [4.78, 5) is 10.6. The Morgan fingerprint density at radius 2 is 2.10 bits per heavy atom. The van der Waals surface area contributed by atoms with Crippen LogP contribution < -0.4 is 5.73 Å². The molecule has 0 unspecified atom stereocenters. The van der Waals surface area contributed by atoms with E-state index in [-0.39, 0.29) is 0 Å². The normalized spacial score (nSPS) is 12.3. The van der Waals surface area contributed by atoms with E-state index in [0.717, 1.165) is 11.1 Å². The third kappa shape index (κ3) is 3.82. The van der Waals surface area contributed by atoms with Gasteiger partial charge in [-0.2, -0.15) is 0 Å². The first-order valence-electron chi connectivity index (χ1n) is 6.02. The average Bonchev–Trinajstić information content (AvgIpc) is 2.88. The minimum Gasteiger partial charge on any atom is -0.480 e. The molecule has 0 aliphatic carbocycles.